The molecule has 0 bridgehead atoms. The number of nitrogens with one attached hydrogen (secondary N) is 2. The summed E-state index contributed by atoms with van der Waals surface area (Å²) < 4.78 is 0. The van der Waals surface area contributed by atoms with Crippen molar-refractivity contribution < 1.29 is 4.79 Å². The largest absolute Gasteiger partial charge is 0.381 e. The van der Waals surface area contributed by atoms with Gasteiger partial charge in [-0.2, -0.15) is 0 Å². The molecule has 2 N–H and O–H groups in total. The zero-order valence-electron chi connectivity index (χ0n) is 11.0. The summed E-state index contributed by atoms with van der Waals surface area (Å²) in [6, 6.07) is 4.21. The molecule has 2 rings (SSSR count). The van der Waals surface area contributed by atoms with Crippen molar-refractivity contribution >= 4 is 28.9 Å². The molecule has 98 valence electrons. The highest BCUT2D eigenvalue weighted by molar-refractivity contribution is 6.33. The van der Waals surface area contributed by atoms with E-state index in [2.05, 4.69) is 31.4 Å². The van der Waals surface area contributed by atoms with Crippen LogP contribution in [0.1, 0.15) is 32.8 Å². The molecule has 1 aliphatic heterocycles. The number of carbonyl (C=O) groups is 1. The predicted molar refractivity (Wildman–Crippen MR) is 76.3 cm³/mol. The van der Waals surface area contributed by atoms with E-state index in [9.17, 15) is 4.79 Å². The van der Waals surface area contributed by atoms with Gasteiger partial charge in [0.05, 0.1) is 17.1 Å². The third-order valence-electron chi connectivity index (χ3n) is 3.40. The Kier molecular flexibility index (Phi) is 3.81. The Hall–Kier alpha value is -1.22. The molecule has 1 aliphatic rings. The highest BCUT2D eigenvalue weighted by Crippen LogP contribution is 2.33. The van der Waals surface area contributed by atoms with E-state index in [1.54, 1.807) is 0 Å². The van der Waals surface area contributed by atoms with Gasteiger partial charge in [0, 0.05) is 11.7 Å². The summed E-state index contributed by atoms with van der Waals surface area (Å²) in [7, 11) is 0. The first kappa shape index (κ1) is 13.2. The van der Waals surface area contributed by atoms with E-state index < -0.39 is 0 Å². The van der Waals surface area contributed by atoms with Gasteiger partial charge in [0.2, 0.25) is 5.91 Å². The van der Waals surface area contributed by atoms with Gasteiger partial charge in [0.15, 0.2) is 0 Å². The second-order valence-electron chi connectivity index (χ2n) is 5.12. The molecular formula is C14H19ClN2O. The van der Waals surface area contributed by atoms with Gasteiger partial charge in [-0.1, -0.05) is 32.4 Å². The van der Waals surface area contributed by atoms with Crippen LogP contribution in [0.4, 0.5) is 11.4 Å². The Morgan fingerprint density at radius 2 is 2.17 bits per heavy atom. The lowest BCUT2D eigenvalue weighted by Gasteiger charge is -2.23. The average Bonchev–Trinajstić information content (AvgIpc) is 2.64. The summed E-state index contributed by atoms with van der Waals surface area (Å²) in [5, 5.41) is 6.94. The van der Waals surface area contributed by atoms with E-state index in [1.807, 2.05) is 12.1 Å². The van der Waals surface area contributed by atoms with Gasteiger partial charge >= 0.3 is 0 Å². The second kappa shape index (κ2) is 5.19. The fraction of sp³-hybridized carbons (Fsp3) is 0.500. The molecule has 1 unspecified atom stereocenters. The SMILES string of the molecule is CCC(Nc1cc2c(cc1Cl)NC(=O)C2)C(C)C. The molecule has 0 fully saturated rings. The van der Waals surface area contributed by atoms with Crippen LogP contribution in [-0.2, 0) is 11.2 Å². The lowest BCUT2D eigenvalue weighted by molar-refractivity contribution is -0.115. The van der Waals surface area contributed by atoms with Crippen molar-refractivity contribution in [2.75, 3.05) is 10.6 Å². The third kappa shape index (κ3) is 2.61. The number of rotatable bonds is 4. The van der Waals surface area contributed by atoms with Crippen LogP contribution in [-0.4, -0.2) is 11.9 Å². The molecule has 1 atom stereocenters. The van der Waals surface area contributed by atoms with Crippen molar-refractivity contribution in [2.45, 2.75) is 39.7 Å². The van der Waals surface area contributed by atoms with E-state index in [4.69, 9.17) is 11.6 Å². The Labute approximate surface area is 113 Å². The number of hydrogen-bond acceptors (Lipinski definition) is 2. The Morgan fingerprint density at radius 1 is 1.44 bits per heavy atom. The molecule has 4 heteroatoms. The number of fused-ring (bicyclic) bond motifs is 1. The number of carbonyl (C=O) groups excluding carboxylic acids is 1. The molecule has 0 aliphatic carbocycles. The van der Waals surface area contributed by atoms with E-state index in [-0.39, 0.29) is 5.91 Å². The van der Waals surface area contributed by atoms with Crippen LogP contribution >= 0.6 is 11.6 Å². The van der Waals surface area contributed by atoms with Crippen molar-refractivity contribution in [2.24, 2.45) is 5.92 Å². The minimum absolute atomic E-state index is 0.0362. The van der Waals surface area contributed by atoms with Crippen LogP contribution in [0.5, 0.6) is 0 Å². The van der Waals surface area contributed by atoms with E-state index in [1.165, 1.54) is 0 Å². The highest BCUT2D eigenvalue weighted by Gasteiger charge is 2.20. The van der Waals surface area contributed by atoms with Crippen LogP contribution in [0.3, 0.4) is 0 Å². The molecule has 0 aromatic heterocycles. The molecule has 0 spiro atoms. The first-order chi connectivity index (χ1) is 8.51. The van der Waals surface area contributed by atoms with Crippen molar-refractivity contribution in [3.8, 4) is 0 Å². The second-order valence-corrected chi connectivity index (χ2v) is 5.52. The predicted octanol–water partition coefficient (Wildman–Crippen LogP) is 3.68. The summed E-state index contributed by atoms with van der Waals surface area (Å²) in [4.78, 5) is 11.3. The van der Waals surface area contributed by atoms with Crippen molar-refractivity contribution in [3.63, 3.8) is 0 Å². The molecular weight excluding hydrogens is 248 g/mol. The van der Waals surface area contributed by atoms with Gasteiger partial charge in [-0.25, -0.2) is 0 Å². The molecule has 1 aromatic rings. The normalized spacial score (nSPS) is 15.5. The van der Waals surface area contributed by atoms with Gasteiger partial charge in [0.1, 0.15) is 0 Å². The maximum Gasteiger partial charge on any atom is 0.228 e. The molecule has 0 saturated carbocycles. The van der Waals surface area contributed by atoms with E-state index in [0.29, 0.717) is 23.4 Å². The quantitative estimate of drug-likeness (QED) is 0.873. The summed E-state index contributed by atoms with van der Waals surface area (Å²) in [5.41, 5.74) is 2.78. The van der Waals surface area contributed by atoms with Crippen molar-refractivity contribution in [1.29, 1.82) is 0 Å². The fourth-order valence-electron chi connectivity index (χ4n) is 2.30. The molecule has 18 heavy (non-hydrogen) atoms. The van der Waals surface area contributed by atoms with Gasteiger partial charge in [-0.3, -0.25) is 4.79 Å². The van der Waals surface area contributed by atoms with Gasteiger partial charge in [0.25, 0.3) is 0 Å². The standard InChI is InChI=1S/C14H19ClN2O/c1-4-11(8(2)3)16-13-5-9-6-14(18)17-12(9)7-10(13)15/h5,7-8,11,16H,4,6H2,1-3H3,(H,17,18). The third-order valence-corrected chi connectivity index (χ3v) is 3.72. The number of amides is 1. The average molecular weight is 267 g/mol. The summed E-state index contributed by atoms with van der Waals surface area (Å²) >= 11 is 6.25. The van der Waals surface area contributed by atoms with E-state index in [0.717, 1.165) is 23.4 Å². The van der Waals surface area contributed by atoms with Gasteiger partial charge in [-0.05, 0) is 30.0 Å². The smallest absolute Gasteiger partial charge is 0.228 e. The Balaban J connectivity index is 2.24. The van der Waals surface area contributed by atoms with Crippen LogP contribution in [0.2, 0.25) is 5.02 Å². The van der Waals surface area contributed by atoms with Crippen LogP contribution in [0.25, 0.3) is 0 Å². The summed E-state index contributed by atoms with van der Waals surface area (Å²) in [6.45, 7) is 6.53. The molecule has 0 radical (unpaired) electrons. The van der Waals surface area contributed by atoms with Crippen molar-refractivity contribution in [3.05, 3.63) is 22.7 Å². The molecule has 1 heterocycles. The lowest BCUT2D eigenvalue weighted by Crippen LogP contribution is -2.24. The molecule has 1 aromatic carbocycles. The first-order valence-electron chi connectivity index (χ1n) is 6.40. The Morgan fingerprint density at radius 3 is 2.78 bits per heavy atom. The van der Waals surface area contributed by atoms with Crippen LogP contribution in [0.15, 0.2) is 12.1 Å². The minimum atomic E-state index is 0.0362. The van der Waals surface area contributed by atoms with Gasteiger partial charge < -0.3 is 10.6 Å². The Bertz CT molecular complexity index is 471. The summed E-state index contributed by atoms with van der Waals surface area (Å²) in [5.74, 6) is 0.577. The molecule has 1 amide bonds. The highest BCUT2D eigenvalue weighted by atomic mass is 35.5. The van der Waals surface area contributed by atoms with Crippen LogP contribution < -0.4 is 10.6 Å². The number of benzene rings is 1. The molecule has 3 nitrogen and oxygen atoms in total. The summed E-state index contributed by atoms with van der Waals surface area (Å²) in [6.07, 6.45) is 1.49. The monoisotopic (exact) mass is 266 g/mol. The first-order valence-corrected chi connectivity index (χ1v) is 6.77. The lowest BCUT2D eigenvalue weighted by atomic mass is 10.0. The maximum atomic E-state index is 11.3. The number of hydrogen-bond donors (Lipinski definition) is 2. The number of anilines is 2. The maximum absolute atomic E-state index is 11.3. The van der Waals surface area contributed by atoms with Crippen LogP contribution in [0, 0.1) is 5.92 Å². The fourth-order valence-corrected chi connectivity index (χ4v) is 2.52. The minimum Gasteiger partial charge on any atom is -0.381 e. The van der Waals surface area contributed by atoms with Crippen molar-refractivity contribution in [1.82, 2.24) is 0 Å². The zero-order chi connectivity index (χ0) is 13.3. The number of halogens is 1. The molecule has 0 saturated heterocycles. The zero-order valence-corrected chi connectivity index (χ0v) is 11.8. The van der Waals surface area contributed by atoms with Gasteiger partial charge in [-0.15, -0.1) is 0 Å². The van der Waals surface area contributed by atoms with E-state index >= 15 is 0 Å². The topological polar surface area (TPSA) is 41.1 Å².